The summed E-state index contributed by atoms with van der Waals surface area (Å²) in [6.45, 7) is 7.11. The van der Waals surface area contributed by atoms with Gasteiger partial charge in [-0.15, -0.1) is 0 Å². The van der Waals surface area contributed by atoms with Gasteiger partial charge in [-0.1, -0.05) is 50.2 Å². The lowest BCUT2D eigenvalue weighted by atomic mass is 9.88. The lowest BCUT2D eigenvalue weighted by Crippen LogP contribution is -2.40. The Bertz CT molecular complexity index is 1040. The molecule has 0 radical (unpaired) electrons. The molecule has 0 aliphatic carbocycles. The highest BCUT2D eigenvalue weighted by molar-refractivity contribution is 7.89. The second-order valence-corrected chi connectivity index (χ2v) is 9.80. The van der Waals surface area contributed by atoms with E-state index >= 15 is 0 Å². The Labute approximate surface area is 184 Å². The molecule has 0 saturated carbocycles. The summed E-state index contributed by atoms with van der Waals surface area (Å²) in [7, 11) is -3.64. The molecule has 1 saturated heterocycles. The van der Waals surface area contributed by atoms with Crippen LogP contribution >= 0.6 is 0 Å². The fraction of sp³-hybridized carbons (Fsp3) is 0.417. The number of rotatable bonds is 7. The van der Waals surface area contributed by atoms with Gasteiger partial charge in [0, 0.05) is 43.2 Å². The predicted octanol–water partition coefficient (Wildman–Crippen LogP) is 3.76. The van der Waals surface area contributed by atoms with E-state index in [0.29, 0.717) is 50.1 Å². The molecule has 0 spiro atoms. The van der Waals surface area contributed by atoms with Crippen LogP contribution in [0, 0.1) is 12.8 Å². The first-order chi connectivity index (χ1) is 14.8. The highest BCUT2D eigenvalue weighted by atomic mass is 32.2. The van der Waals surface area contributed by atoms with Crippen LogP contribution in [-0.4, -0.2) is 55.5 Å². The summed E-state index contributed by atoms with van der Waals surface area (Å²) < 4.78 is 27.1. The van der Waals surface area contributed by atoms with Crippen LogP contribution in [0.5, 0.6) is 0 Å². The summed E-state index contributed by atoms with van der Waals surface area (Å²) in [5.74, 6) is -0.155. The van der Waals surface area contributed by atoms with Crippen molar-refractivity contribution in [1.82, 2.24) is 9.21 Å². The smallest absolute Gasteiger partial charge is 0.254 e. The number of Topliss-reactive ketones (excluding diaryl/α,β-unsaturated/α-hetero) is 1. The van der Waals surface area contributed by atoms with Crippen molar-refractivity contribution in [3.8, 4) is 0 Å². The van der Waals surface area contributed by atoms with Crippen LogP contribution in [-0.2, 0) is 10.0 Å². The molecule has 1 aliphatic heterocycles. The zero-order valence-corrected chi connectivity index (χ0v) is 19.2. The molecule has 1 aliphatic rings. The van der Waals surface area contributed by atoms with Crippen molar-refractivity contribution in [2.24, 2.45) is 5.92 Å². The van der Waals surface area contributed by atoms with Gasteiger partial charge in [0.15, 0.2) is 5.78 Å². The monoisotopic (exact) mass is 442 g/mol. The molecule has 166 valence electrons. The average Bonchev–Trinajstić information content (AvgIpc) is 2.79. The Morgan fingerprint density at radius 2 is 1.61 bits per heavy atom. The summed E-state index contributed by atoms with van der Waals surface area (Å²) in [5, 5.41) is 0. The fourth-order valence-corrected chi connectivity index (χ4v) is 5.54. The van der Waals surface area contributed by atoms with Gasteiger partial charge >= 0.3 is 0 Å². The number of ketones is 1. The van der Waals surface area contributed by atoms with Crippen molar-refractivity contribution in [3.63, 3.8) is 0 Å². The second kappa shape index (κ2) is 9.75. The molecule has 2 aromatic carbocycles. The minimum atomic E-state index is -3.64. The molecule has 31 heavy (non-hydrogen) atoms. The maximum atomic E-state index is 13.2. The third-order valence-electron chi connectivity index (χ3n) is 5.99. The van der Waals surface area contributed by atoms with E-state index in [0.717, 1.165) is 5.56 Å². The van der Waals surface area contributed by atoms with E-state index in [2.05, 4.69) is 0 Å². The summed E-state index contributed by atoms with van der Waals surface area (Å²) in [6.07, 6.45) is 1.21. The summed E-state index contributed by atoms with van der Waals surface area (Å²) in [6, 6.07) is 14.0. The van der Waals surface area contributed by atoms with Gasteiger partial charge in [-0.25, -0.2) is 8.42 Å². The molecule has 2 aromatic rings. The Morgan fingerprint density at radius 3 is 2.19 bits per heavy atom. The van der Waals surface area contributed by atoms with Crippen LogP contribution in [0.2, 0.25) is 0 Å². The Hall–Kier alpha value is -2.51. The van der Waals surface area contributed by atoms with Gasteiger partial charge in [0.25, 0.3) is 5.91 Å². The number of carbonyl (C=O) groups excluding carboxylic acids is 2. The van der Waals surface area contributed by atoms with Gasteiger partial charge in [0.05, 0.1) is 4.90 Å². The Balaban J connectivity index is 1.75. The molecule has 3 rings (SSSR count). The van der Waals surface area contributed by atoms with Crippen molar-refractivity contribution in [2.75, 3.05) is 26.2 Å². The minimum Gasteiger partial charge on any atom is -0.339 e. The molecule has 7 heteroatoms. The van der Waals surface area contributed by atoms with Crippen LogP contribution in [0.15, 0.2) is 53.4 Å². The number of aryl methyl sites for hydroxylation is 1. The molecule has 1 heterocycles. The number of likely N-dealkylation sites (tertiary alicyclic amines) is 1. The molecular weight excluding hydrogens is 412 g/mol. The van der Waals surface area contributed by atoms with Crippen molar-refractivity contribution < 1.29 is 18.0 Å². The van der Waals surface area contributed by atoms with Crippen LogP contribution in [0.4, 0.5) is 0 Å². The average molecular weight is 443 g/mol. The molecular formula is C24H30N2O4S. The van der Waals surface area contributed by atoms with Gasteiger partial charge in [-0.2, -0.15) is 4.31 Å². The molecule has 0 N–H and O–H groups in total. The first-order valence-corrected chi connectivity index (χ1v) is 12.2. The van der Waals surface area contributed by atoms with Crippen molar-refractivity contribution in [3.05, 3.63) is 65.2 Å². The molecule has 0 bridgehead atoms. The van der Waals surface area contributed by atoms with E-state index in [1.807, 2.05) is 37.3 Å². The predicted molar refractivity (Wildman–Crippen MR) is 121 cm³/mol. The zero-order chi connectivity index (χ0) is 22.6. The number of benzene rings is 2. The number of hydrogen-bond acceptors (Lipinski definition) is 4. The Morgan fingerprint density at radius 1 is 1.00 bits per heavy atom. The summed E-state index contributed by atoms with van der Waals surface area (Å²) >= 11 is 0. The molecule has 6 nitrogen and oxygen atoms in total. The molecule has 0 atom stereocenters. The van der Waals surface area contributed by atoms with Crippen molar-refractivity contribution in [1.29, 1.82) is 0 Å². The molecule has 1 fully saturated rings. The molecule has 1 amide bonds. The van der Waals surface area contributed by atoms with Gasteiger partial charge in [0.2, 0.25) is 10.0 Å². The maximum Gasteiger partial charge on any atom is 0.254 e. The number of sulfonamides is 1. The van der Waals surface area contributed by atoms with E-state index < -0.39 is 10.0 Å². The highest BCUT2D eigenvalue weighted by Crippen LogP contribution is 2.25. The van der Waals surface area contributed by atoms with Gasteiger partial charge in [0.1, 0.15) is 0 Å². The second-order valence-electron chi connectivity index (χ2n) is 7.86. The van der Waals surface area contributed by atoms with Crippen LogP contribution in [0.1, 0.15) is 53.0 Å². The van der Waals surface area contributed by atoms with E-state index in [9.17, 15) is 18.0 Å². The SMILES string of the molecule is CCN(CC)S(=O)(=O)c1ccc(C)c(C(=O)N2CCC(C(=O)c3ccccc3)CC2)c1. The van der Waals surface area contributed by atoms with E-state index in [-0.39, 0.29) is 22.5 Å². The molecule has 0 aromatic heterocycles. The largest absolute Gasteiger partial charge is 0.339 e. The number of hydrogen-bond donors (Lipinski definition) is 0. The standard InChI is InChI=1S/C24H30N2O4S/c1-4-26(5-2)31(29,30)21-12-11-18(3)22(17-21)24(28)25-15-13-20(14-16-25)23(27)19-9-7-6-8-10-19/h6-12,17,20H,4-5,13-16H2,1-3H3. The Kier molecular flexibility index (Phi) is 7.28. The lowest BCUT2D eigenvalue weighted by molar-refractivity contribution is 0.0649. The fourth-order valence-electron chi connectivity index (χ4n) is 4.06. The third-order valence-corrected chi connectivity index (χ3v) is 8.04. The van der Waals surface area contributed by atoms with E-state index in [1.165, 1.54) is 10.4 Å². The van der Waals surface area contributed by atoms with Gasteiger partial charge in [-0.05, 0) is 37.5 Å². The summed E-state index contributed by atoms with van der Waals surface area (Å²) in [4.78, 5) is 27.8. The van der Waals surface area contributed by atoms with Crippen LogP contribution in [0.25, 0.3) is 0 Å². The van der Waals surface area contributed by atoms with Crippen molar-refractivity contribution in [2.45, 2.75) is 38.5 Å². The van der Waals surface area contributed by atoms with Gasteiger partial charge < -0.3 is 4.90 Å². The van der Waals surface area contributed by atoms with Crippen LogP contribution < -0.4 is 0 Å². The number of amides is 1. The zero-order valence-electron chi connectivity index (χ0n) is 18.4. The first-order valence-electron chi connectivity index (χ1n) is 10.8. The quantitative estimate of drug-likeness (QED) is 0.612. The van der Waals surface area contributed by atoms with Crippen LogP contribution in [0.3, 0.4) is 0 Å². The maximum absolute atomic E-state index is 13.2. The minimum absolute atomic E-state index is 0.0954. The number of nitrogens with zero attached hydrogens (tertiary/aromatic N) is 2. The number of piperidine rings is 1. The first kappa shape index (κ1) is 23.2. The normalized spacial score (nSPS) is 15.3. The third kappa shape index (κ3) is 4.88. The summed E-state index contributed by atoms with van der Waals surface area (Å²) in [5.41, 5.74) is 1.85. The van der Waals surface area contributed by atoms with Crippen molar-refractivity contribution >= 4 is 21.7 Å². The lowest BCUT2D eigenvalue weighted by Gasteiger charge is -2.32. The van der Waals surface area contributed by atoms with E-state index in [1.54, 1.807) is 30.9 Å². The topological polar surface area (TPSA) is 74.8 Å². The highest BCUT2D eigenvalue weighted by Gasteiger charge is 2.30. The van der Waals surface area contributed by atoms with E-state index in [4.69, 9.17) is 0 Å². The number of carbonyl (C=O) groups is 2. The van der Waals surface area contributed by atoms with Gasteiger partial charge in [-0.3, -0.25) is 9.59 Å². The molecule has 0 unspecified atom stereocenters.